The van der Waals surface area contributed by atoms with Gasteiger partial charge >= 0.3 is 0 Å². The molecule has 3 heteroatoms. The first-order valence-corrected chi connectivity index (χ1v) is 7.90. The molecule has 0 amide bonds. The van der Waals surface area contributed by atoms with Gasteiger partial charge in [-0.1, -0.05) is 25.1 Å². The van der Waals surface area contributed by atoms with Gasteiger partial charge in [0, 0.05) is 37.2 Å². The van der Waals surface area contributed by atoms with Gasteiger partial charge in [-0.25, -0.2) is 0 Å². The van der Waals surface area contributed by atoms with Crippen molar-refractivity contribution >= 4 is 11.8 Å². The average molecular weight is 264 g/mol. The number of hydrogen-bond acceptors (Lipinski definition) is 3. The highest BCUT2D eigenvalue weighted by atomic mass is 32.2. The normalized spacial score (nSPS) is 21.2. The van der Waals surface area contributed by atoms with Gasteiger partial charge in [0.2, 0.25) is 0 Å². The number of nitrogens with zero attached hydrogens (tertiary/aromatic N) is 1. The second-order valence-corrected chi connectivity index (χ2v) is 6.51. The molecule has 0 saturated carbocycles. The summed E-state index contributed by atoms with van der Waals surface area (Å²) in [5.41, 5.74) is 9.74. The minimum absolute atomic E-state index is 0.638. The van der Waals surface area contributed by atoms with Crippen LogP contribution >= 0.6 is 11.8 Å². The van der Waals surface area contributed by atoms with Crippen LogP contribution in [0.5, 0.6) is 0 Å². The van der Waals surface area contributed by atoms with Crippen molar-refractivity contribution in [2.24, 2.45) is 5.73 Å². The highest BCUT2D eigenvalue weighted by Crippen LogP contribution is 2.23. The van der Waals surface area contributed by atoms with E-state index in [2.05, 4.69) is 48.7 Å². The Labute approximate surface area is 115 Å². The van der Waals surface area contributed by atoms with Crippen molar-refractivity contribution in [3.63, 3.8) is 0 Å². The van der Waals surface area contributed by atoms with Crippen LogP contribution in [-0.4, -0.2) is 29.0 Å². The van der Waals surface area contributed by atoms with E-state index in [1.165, 1.54) is 42.0 Å². The van der Waals surface area contributed by atoms with Crippen molar-refractivity contribution in [2.75, 3.05) is 18.8 Å². The van der Waals surface area contributed by atoms with E-state index in [0.717, 1.165) is 11.8 Å². The molecule has 0 bridgehead atoms. The summed E-state index contributed by atoms with van der Waals surface area (Å²) < 4.78 is 0. The van der Waals surface area contributed by atoms with Crippen molar-refractivity contribution in [3.05, 3.63) is 34.9 Å². The third-order valence-corrected chi connectivity index (χ3v) is 5.09. The second-order valence-electron chi connectivity index (χ2n) is 5.10. The first-order chi connectivity index (χ1) is 8.72. The Morgan fingerprint density at radius 1 is 1.44 bits per heavy atom. The van der Waals surface area contributed by atoms with Gasteiger partial charge in [0.05, 0.1) is 0 Å². The zero-order valence-electron chi connectivity index (χ0n) is 11.5. The Kier molecular flexibility index (Phi) is 5.10. The number of benzene rings is 1. The van der Waals surface area contributed by atoms with Gasteiger partial charge in [0.15, 0.2) is 0 Å². The smallest absolute Gasteiger partial charge is 0.0237 e. The molecule has 2 nitrogen and oxygen atoms in total. The monoisotopic (exact) mass is 264 g/mol. The highest BCUT2D eigenvalue weighted by molar-refractivity contribution is 8.00. The first kappa shape index (κ1) is 13.9. The maximum absolute atomic E-state index is 5.68. The number of nitrogens with two attached hydrogens (primary N) is 1. The molecule has 1 aromatic rings. The van der Waals surface area contributed by atoms with E-state index in [1.54, 1.807) is 0 Å². The summed E-state index contributed by atoms with van der Waals surface area (Å²) in [6, 6.07) is 6.64. The lowest BCUT2D eigenvalue weighted by molar-refractivity contribution is 0.272. The Morgan fingerprint density at radius 3 is 2.94 bits per heavy atom. The quantitative estimate of drug-likeness (QED) is 0.907. The summed E-state index contributed by atoms with van der Waals surface area (Å²) in [6.45, 7) is 8.68. The third kappa shape index (κ3) is 3.50. The molecule has 0 aromatic heterocycles. The van der Waals surface area contributed by atoms with E-state index in [0.29, 0.717) is 6.54 Å². The Balaban J connectivity index is 2.00. The van der Waals surface area contributed by atoms with E-state index in [-0.39, 0.29) is 0 Å². The second kappa shape index (κ2) is 6.60. The van der Waals surface area contributed by atoms with Crippen LogP contribution in [0.2, 0.25) is 0 Å². The number of rotatable bonds is 4. The van der Waals surface area contributed by atoms with Gasteiger partial charge in [-0.3, -0.25) is 4.90 Å². The average Bonchev–Trinajstić information content (AvgIpc) is 2.41. The molecule has 0 aliphatic carbocycles. The lowest BCUT2D eigenvalue weighted by Crippen LogP contribution is -2.37. The Morgan fingerprint density at radius 2 is 2.28 bits per heavy atom. The summed E-state index contributed by atoms with van der Waals surface area (Å²) in [7, 11) is 0. The van der Waals surface area contributed by atoms with Crippen molar-refractivity contribution < 1.29 is 0 Å². The largest absolute Gasteiger partial charge is 0.326 e. The third-order valence-electron chi connectivity index (χ3n) is 3.71. The highest BCUT2D eigenvalue weighted by Gasteiger charge is 2.19. The predicted octanol–water partition coefficient (Wildman–Crippen LogP) is 2.78. The molecular formula is C15H24N2S. The van der Waals surface area contributed by atoms with Crippen LogP contribution in [0.1, 0.15) is 30.0 Å². The van der Waals surface area contributed by atoms with Crippen molar-refractivity contribution in [1.82, 2.24) is 4.90 Å². The van der Waals surface area contributed by atoms with Gasteiger partial charge in [-0.05, 0) is 30.0 Å². The van der Waals surface area contributed by atoms with Crippen LogP contribution in [0.4, 0.5) is 0 Å². The minimum Gasteiger partial charge on any atom is -0.326 e. The fourth-order valence-electron chi connectivity index (χ4n) is 2.47. The molecule has 2 rings (SSSR count). The Hall–Kier alpha value is -0.510. The minimum atomic E-state index is 0.638. The van der Waals surface area contributed by atoms with E-state index >= 15 is 0 Å². The van der Waals surface area contributed by atoms with Crippen LogP contribution in [-0.2, 0) is 13.1 Å². The molecule has 0 radical (unpaired) electrons. The van der Waals surface area contributed by atoms with E-state index in [9.17, 15) is 0 Å². The first-order valence-electron chi connectivity index (χ1n) is 6.85. The van der Waals surface area contributed by atoms with E-state index in [1.807, 2.05) is 0 Å². The van der Waals surface area contributed by atoms with Crippen LogP contribution in [0.25, 0.3) is 0 Å². The molecule has 1 aliphatic rings. The van der Waals surface area contributed by atoms with Gasteiger partial charge in [-0.15, -0.1) is 0 Å². The number of aryl methyl sites for hydroxylation is 1. The SMILES string of the molecule is CCC1CN(Cc2ccc(CN)cc2C)CCS1. The predicted molar refractivity (Wildman–Crippen MR) is 80.9 cm³/mol. The lowest BCUT2D eigenvalue weighted by Gasteiger charge is -2.32. The van der Waals surface area contributed by atoms with Crippen LogP contribution in [0.15, 0.2) is 18.2 Å². The van der Waals surface area contributed by atoms with Crippen molar-refractivity contribution in [1.29, 1.82) is 0 Å². The van der Waals surface area contributed by atoms with Gasteiger partial charge in [0.1, 0.15) is 0 Å². The molecule has 1 saturated heterocycles. The maximum Gasteiger partial charge on any atom is 0.0237 e. The maximum atomic E-state index is 5.68. The standard InChI is InChI=1S/C15H24N2S/c1-3-15-11-17(6-7-18-15)10-14-5-4-13(9-16)8-12(14)2/h4-5,8,15H,3,6-7,9-11,16H2,1-2H3. The Bertz CT molecular complexity index is 392. The van der Waals surface area contributed by atoms with Crippen LogP contribution in [0.3, 0.4) is 0 Å². The lowest BCUT2D eigenvalue weighted by atomic mass is 10.0. The van der Waals surface area contributed by atoms with Crippen LogP contribution in [0, 0.1) is 6.92 Å². The molecule has 1 aliphatic heterocycles. The summed E-state index contributed by atoms with van der Waals surface area (Å²) in [6.07, 6.45) is 1.28. The van der Waals surface area contributed by atoms with Gasteiger partial charge in [0.25, 0.3) is 0 Å². The van der Waals surface area contributed by atoms with Gasteiger partial charge in [-0.2, -0.15) is 11.8 Å². The molecular weight excluding hydrogens is 240 g/mol. The molecule has 100 valence electrons. The van der Waals surface area contributed by atoms with E-state index in [4.69, 9.17) is 5.73 Å². The van der Waals surface area contributed by atoms with Gasteiger partial charge < -0.3 is 5.73 Å². The number of thioether (sulfide) groups is 1. The number of hydrogen-bond donors (Lipinski definition) is 1. The molecule has 1 unspecified atom stereocenters. The fraction of sp³-hybridized carbons (Fsp3) is 0.600. The molecule has 2 N–H and O–H groups in total. The fourth-order valence-corrected chi connectivity index (χ4v) is 3.72. The molecule has 1 atom stereocenters. The van der Waals surface area contributed by atoms with Crippen LogP contribution < -0.4 is 5.73 Å². The topological polar surface area (TPSA) is 29.3 Å². The molecule has 18 heavy (non-hydrogen) atoms. The van der Waals surface area contributed by atoms with Crippen molar-refractivity contribution in [2.45, 2.75) is 38.6 Å². The summed E-state index contributed by atoms with van der Waals surface area (Å²) in [5.74, 6) is 1.28. The zero-order valence-corrected chi connectivity index (χ0v) is 12.3. The summed E-state index contributed by atoms with van der Waals surface area (Å²) >= 11 is 2.13. The molecule has 1 fully saturated rings. The van der Waals surface area contributed by atoms with E-state index < -0.39 is 0 Å². The summed E-state index contributed by atoms with van der Waals surface area (Å²) in [5, 5.41) is 0.822. The zero-order chi connectivity index (χ0) is 13.0. The molecule has 0 spiro atoms. The summed E-state index contributed by atoms with van der Waals surface area (Å²) in [4.78, 5) is 2.59. The molecule has 1 aromatic carbocycles. The van der Waals surface area contributed by atoms with Crippen molar-refractivity contribution in [3.8, 4) is 0 Å². The molecule has 1 heterocycles.